The molecule has 3 aromatic heterocycles. The van der Waals surface area contributed by atoms with Crippen LogP contribution in [-0.4, -0.2) is 54.0 Å². The van der Waals surface area contributed by atoms with Crippen molar-refractivity contribution in [2.45, 2.75) is 19.4 Å². The van der Waals surface area contributed by atoms with Crippen molar-refractivity contribution in [1.29, 1.82) is 0 Å². The van der Waals surface area contributed by atoms with Gasteiger partial charge in [-0.3, -0.25) is 14.6 Å². The highest BCUT2D eigenvalue weighted by atomic mass is 16.3. The third-order valence-corrected chi connectivity index (χ3v) is 4.48. The van der Waals surface area contributed by atoms with E-state index in [-0.39, 0.29) is 5.92 Å². The molecule has 1 aliphatic rings. The predicted molar refractivity (Wildman–Crippen MR) is 88.5 cm³/mol. The molecule has 3 aromatic rings. The number of aliphatic hydroxyl groups excluding tert-OH is 1. The first-order valence-corrected chi connectivity index (χ1v) is 7.96. The van der Waals surface area contributed by atoms with Crippen molar-refractivity contribution in [2.75, 3.05) is 18.0 Å². The first-order chi connectivity index (χ1) is 11.6. The number of nitrogens with zero attached hydrogens (tertiary/aromatic N) is 7. The lowest BCUT2D eigenvalue weighted by molar-refractivity contribution is 0.147. The van der Waals surface area contributed by atoms with Crippen LogP contribution in [0, 0.1) is 12.8 Å². The van der Waals surface area contributed by atoms with E-state index in [2.05, 4.69) is 29.9 Å². The minimum Gasteiger partial charge on any atom is -0.391 e. The maximum Gasteiger partial charge on any atom is 0.163 e. The summed E-state index contributed by atoms with van der Waals surface area (Å²) in [6.45, 7) is 3.14. The largest absolute Gasteiger partial charge is 0.391 e. The van der Waals surface area contributed by atoms with Gasteiger partial charge < -0.3 is 10.0 Å². The third kappa shape index (κ3) is 2.58. The molecule has 0 bridgehead atoms. The molecule has 1 fully saturated rings. The molecule has 1 N–H and O–H groups in total. The summed E-state index contributed by atoms with van der Waals surface area (Å²) >= 11 is 0. The molecule has 124 valence electrons. The van der Waals surface area contributed by atoms with Crippen molar-refractivity contribution in [3.63, 3.8) is 0 Å². The average molecular weight is 325 g/mol. The molecule has 8 heteroatoms. The van der Waals surface area contributed by atoms with Crippen LogP contribution in [0.1, 0.15) is 11.5 Å². The lowest BCUT2D eigenvalue weighted by atomic mass is 10.0. The molecule has 4 rings (SSSR count). The van der Waals surface area contributed by atoms with E-state index in [0.717, 1.165) is 29.1 Å². The lowest BCUT2D eigenvalue weighted by Crippen LogP contribution is -2.23. The van der Waals surface area contributed by atoms with Gasteiger partial charge in [-0.2, -0.15) is 5.10 Å². The van der Waals surface area contributed by atoms with Gasteiger partial charge in [-0.05, 0) is 13.3 Å². The Morgan fingerprint density at radius 2 is 2.08 bits per heavy atom. The van der Waals surface area contributed by atoms with E-state index in [9.17, 15) is 5.11 Å². The Hall–Kier alpha value is -2.61. The molecule has 0 radical (unpaired) electrons. The smallest absolute Gasteiger partial charge is 0.163 e. The molecule has 0 unspecified atom stereocenters. The van der Waals surface area contributed by atoms with Gasteiger partial charge in [0.1, 0.15) is 11.6 Å². The Balaban J connectivity index is 1.62. The van der Waals surface area contributed by atoms with Crippen molar-refractivity contribution < 1.29 is 5.11 Å². The molecular weight excluding hydrogens is 306 g/mol. The van der Waals surface area contributed by atoms with Gasteiger partial charge in [0.2, 0.25) is 0 Å². The summed E-state index contributed by atoms with van der Waals surface area (Å²) in [5.74, 6) is 1.64. The molecule has 2 atom stereocenters. The first-order valence-electron chi connectivity index (χ1n) is 7.96. The fraction of sp³-hybridized carbons (Fsp3) is 0.438. The molecule has 0 aliphatic carbocycles. The van der Waals surface area contributed by atoms with Crippen LogP contribution in [0.3, 0.4) is 0 Å². The van der Waals surface area contributed by atoms with E-state index in [1.165, 1.54) is 0 Å². The summed E-state index contributed by atoms with van der Waals surface area (Å²) in [4.78, 5) is 19.6. The second-order valence-corrected chi connectivity index (χ2v) is 6.23. The average Bonchev–Trinajstić information content (AvgIpc) is 3.12. The summed E-state index contributed by atoms with van der Waals surface area (Å²) in [5, 5.41) is 15.7. The zero-order valence-electron chi connectivity index (χ0n) is 13.7. The summed E-state index contributed by atoms with van der Waals surface area (Å²) in [5.41, 5.74) is 1.71. The zero-order chi connectivity index (χ0) is 16.7. The van der Waals surface area contributed by atoms with Crippen LogP contribution in [0.15, 0.2) is 24.8 Å². The van der Waals surface area contributed by atoms with Gasteiger partial charge in [-0.15, -0.1) is 0 Å². The monoisotopic (exact) mass is 325 g/mol. The van der Waals surface area contributed by atoms with Crippen LogP contribution in [0.5, 0.6) is 0 Å². The van der Waals surface area contributed by atoms with Crippen LogP contribution in [-0.2, 0) is 13.5 Å². The highest BCUT2D eigenvalue weighted by molar-refractivity contribution is 5.87. The number of aliphatic hydroxyl groups is 1. The van der Waals surface area contributed by atoms with Crippen LogP contribution in [0.25, 0.3) is 11.0 Å². The maximum atomic E-state index is 10.5. The topological polar surface area (TPSA) is 92.9 Å². The number of fused-ring (bicyclic) bond motifs is 1. The molecule has 1 saturated heterocycles. The van der Waals surface area contributed by atoms with E-state index in [4.69, 9.17) is 0 Å². The number of anilines is 1. The Bertz CT molecular complexity index is 863. The summed E-state index contributed by atoms with van der Waals surface area (Å²) in [7, 11) is 1.87. The maximum absolute atomic E-state index is 10.5. The van der Waals surface area contributed by atoms with Crippen LogP contribution < -0.4 is 4.90 Å². The Labute approximate surface area is 139 Å². The van der Waals surface area contributed by atoms with Gasteiger partial charge in [0.25, 0.3) is 0 Å². The number of hydrogen-bond acceptors (Lipinski definition) is 7. The van der Waals surface area contributed by atoms with E-state index in [1.54, 1.807) is 29.5 Å². The first kappa shape index (κ1) is 14.9. The Morgan fingerprint density at radius 1 is 1.21 bits per heavy atom. The van der Waals surface area contributed by atoms with Crippen LogP contribution in [0.4, 0.5) is 5.82 Å². The van der Waals surface area contributed by atoms with E-state index < -0.39 is 6.10 Å². The normalized spacial score (nSPS) is 20.9. The molecule has 24 heavy (non-hydrogen) atoms. The second-order valence-electron chi connectivity index (χ2n) is 6.23. The number of β-amino-alcohol motifs (C(OH)–C–C–N with tert-alkyl or cyclic N) is 1. The van der Waals surface area contributed by atoms with Crippen LogP contribution in [0.2, 0.25) is 0 Å². The number of aryl methyl sites for hydroxylation is 2. The van der Waals surface area contributed by atoms with Crippen molar-refractivity contribution in [3.8, 4) is 0 Å². The van der Waals surface area contributed by atoms with E-state index in [1.807, 2.05) is 14.0 Å². The summed E-state index contributed by atoms with van der Waals surface area (Å²) < 4.78 is 1.75. The SMILES string of the molecule is Cc1nc(N2C[C@@H](Cc3cnccn3)[C@H](O)C2)c2cnn(C)c2n1. The standard InChI is InChI=1S/C16H19N7O/c1-10-20-15-13(7-19-22(15)2)16(21-10)23-8-11(14(24)9-23)5-12-6-17-3-4-18-12/h3-4,6-7,11,14,24H,5,8-9H2,1-2H3/t11-,14-/m1/s1. The fourth-order valence-corrected chi connectivity index (χ4v) is 3.29. The molecule has 1 aliphatic heterocycles. The van der Waals surface area contributed by atoms with Crippen molar-refractivity contribution in [1.82, 2.24) is 29.7 Å². The highest BCUT2D eigenvalue weighted by Crippen LogP contribution is 2.29. The van der Waals surface area contributed by atoms with E-state index in [0.29, 0.717) is 18.8 Å². The Kier molecular flexibility index (Phi) is 3.61. The lowest BCUT2D eigenvalue weighted by Gasteiger charge is -2.18. The molecule has 0 aromatic carbocycles. The quantitative estimate of drug-likeness (QED) is 0.749. The molecule has 0 saturated carbocycles. The summed E-state index contributed by atoms with van der Waals surface area (Å²) in [6.07, 6.45) is 7.15. The number of rotatable bonds is 3. The summed E-state index contributed by atoms with van der Waals surface area (Å²) in [6, 6.07) is 0. The third-order valence-electron chi connectivity index (χ3n) is 4.48. The number of aromatic nitrogens is 6. The molecule has 4 heterocycles. The van der Waals surface area contributed by atoms with Gasteiger partial charge in [-0.25, -0.2) is 9.97 Å². The second kappa shape index (κ2) is 5.79. The molecule has 8 nitrogen and oxygen atoms in total. The Morgan fingerprint density at radius 3 is 2.88 bits per heavy atom. The van der Waals surface area contributed by atoms with Gasteiger partial charge in [0.15, 0.2) is 5.65 Å². The number of hydrogen-bond donors (Lipinski definition) is 1. The van der Waals surface area contributed by atoms with E-state index >= 15 is 0 Å². The minimum atomic E-state index is -0.422. The van der Waals surface area contributed by atoms with Crippen molar-refractivity contribution in [3.05, 3.63) is 36.3 Å². The fourth-order valence-electron chi connectivity index (χ4n) is 3.29. The zero-order valence-corrected chi connectivity index (χ0v) is 13.7. The van der Waals surface area contributed by atoms with Crippen molar-refractivity contribution in [2.24, 2.45) is 13.0 Å². The van der Waals surface area contributed by atoms with Gasteiger partial charge >= 0.3 is 0 Å². The molecule has 0 spiro atoms. The highest BCUT2D eigenvalue weighted by Gasteiger charge is 2.33. The van der Waals surface area contributed by atoms with Gasteiger partial charge in [0, 0.05) is 44.6 Å². The van der Waals surface area contributed by atoms with Crippen molar-refractivity contribution >= 4 is 16.9 Å². The molecular formula is C16H19N7O. The minimum absolute atomic E-state index is 0.101. The predicted octanol–water partition coefficient (Wildman–Crippen LogP) is 0.502. The van der Waals surface area contributed by atoms with Crippen LogP contribution >= 0.6 is 0 Å². The van der Waals surface area contributed by atoms with Gasteiger partial charge in [0.05, 0.1) is 23.4 Å². The molecule has 0 amide bonds. The van der Waals surface area contributed by atoms with Gasteiger partial charge in [-0.1, -0.05) is 0 Å².